The molecule has 3 fully saturated rings. The molecule has 2 atom stereocenters. The minimum Gasteiger partial charge on any atom is -0.432 e. The van der Waals surface area contributed by atoms with Crippen LogP contribution in [0.1, 0.15) is 30.9 Å². The Morgan fingerprint density at radius 1 is 1.23 bits per heavy atom. The van der Waals surface area contributed by atoms with E-state index in [9.17, 15) is 4.39 Å². The predicted molar refractivity (Wildman–Crippen MR) is 114 cm³/mol. The van der Waals surface area contributed by atoms with Crippen LogP contribution >= 0.6 is 0 Å². The number of hydrazine groups is 1. The minimum absolute atomic E-state index is 0.0566. The summed E-state index contributed by atoms with van der Waals surface area (Å²) < 4.78 is 20.9. The maximum Gasteiger partial charge on any atom is 0.306 e. The molecule has 4 aliphatic rings. The van der Waals surface area contributed by atoms with Crippen LogP contribution in [0.25, 0.3) is 17.2 Å². The van der Waals surface area contributed by atoms with E-state index < -0.39 is 0 Å². The number of hydrogen-bond donors (Lipinski definition) is 1. The number of oxazole rings is 1. The zero-order chi connectivity index (χ0) is 20.9. The lowest BCUT2D eigenvalue weighted by atomic mass is 9.84. The lowest BCUT2D eigenvalue weighted by Crippen LogP contribution is -2.60. The van der Waals surface area contributed by atoms with Crippen molar-refractivity contribution in [3.63, 3.8) is 0 Å². The largest absolute Gasteiger partial charge is 0.432 e. The molecule has 8 nitrogen and oxygen atoms in total. The van der Waals surface area contributed by atoms with E-state index in [-0.39, 0.29) is 17.8 Å². The van der Waals surface area contributed by atoms with Gasteiger partial charge in [-0.3, -0.25) is 9.41 Å². The highest BCUT2D eigenvalue weighted by Crippen LogP contribution is 2.36. The normalized spacial score (nSPS) is 27.6. The SMILES string of the molecule is NN(c1nccc(-c2c(C3C=CC(F)=CC3)nc3occn23)n1)[C@@H]1CN2CCC1CC2. The first-order valence-electron chi connectivity index (χ1n) is 10.8. The number of anilines is 1. The maximum absolute atomic E-state index is 13.5. The molecule has 3 aromatic rings. The van der Waals surface area contributed by atoms with Gasteiger partial charge in [-0.05, 0) is 56.5 Å². The molecular formula is C22H24FN7O. The third-order valence-corrected chi connectivity index (χ3v) is 6.79. The Morgan fingerprint density at radius 3 is 2.84 bits per heavy atom. The van der Waals surface area contributed by atoms with Crippen molar-refractivity contribution in [3.05, 3.63) is 54.5 Å². The first-order chi connectivity index (χ1) is 15.2. The van der Waals surface area contributed by atoms with Gasteiger partial charge in [0.25, 0.3) is 0 Å². The fraction of sp³-hybridized carbons (Fsp3) is 0.409. The molecule has 2 N–H and O–H groups in total. The Hall–Kier alpha value is -3.04. The van der Waals surface area contributed by atoms with E-state index in [4.69, 9.17) is 15.2 Å². The van der Waals surface area contributed by atoms with E-state index in [1.807, 2.05) is 22.7 Å². The first-order valence-corrected chi connectivity index (χ1v) is 10.8. The molecule has 0 saturated carbocycles. The molecule has 7 rings (SSSR count). The molecular weight excluding hydrogens is 397 g/mol. The lowest BCUT2D eigenvalue weighted by molar-refractivity contribution is 0.0846. The maximum atomic E-state index is 13.5. The fourth-order valence-electron chi connectivity index (χ4n) is 5.11. The van der Waals surface area contributed by atoms with Crippen molar-refractivity contribution < 1.29 is 8.81 Å². The highest BCUT2D eigenvalue weighted by atomic mass is 19.1. The zero-order valence-corrected chi connectivity index (χ0v) is 17.1. The molecule has 31 heavy (non-hydrogen) atoms. The molecule has 6 heterocycles. The van der Waals surface area contributed by atoms with Gasteiger partial charge in [0.1, 0.15) is 12.1 Å². The van der Waals surface area contributed by atoms with Gasteiger partial charge in [0, 0.05) is 24.9 Å². The number of hydrogen-bond acceptors (Lipinski definition) is 7. The molecule has 2 bridgehead atoms. The highest BCUT2D eigenvalue weighted by Gasteiger charge is 2.38. The third kappa shape index (κ3) is 3.16. The van der Waals surface area contributed by atoms with Gasteiger partial charge in [0.15, 0.2) is 0 Å². The number of aromatic nitrogens is 4. The Kier molecular flexibility index (Phi) is 4.39. The second-order valence-corrected chi connectivity index (χ2v) is 8.55. The summed E-state index contributed by atoms with van der Waals surface area (Å²) in [6.45, 7) is 3.25. The summed E-state index contributed by atoms with van der Waals surface area (Å²) in [6, 6.07) is 2.07. The van der Waals surface area contributed by atoms with Gasteiger partial charge < -0.3 is 9.32 Å². The number of allylic oxidation sites excluding steroid dienone is 4. The Bertz CT molecular complexity index is 1170. The molecule has 0 aromatic carbocycles. The summed E-state index contributed by atoms with van der Waals surface area (Å²) in [5.41, 5.74) is 2.34. The predicted octanol–water partition coefficient (Wildman–Crippen LogP) is 3.06. The second kappa shape index (κ2) is 7.28. The summed E-state index contributed by atoms with van der Waals surface area (Å²) in [4.78, 5) is 16.4. The topological polar surface area (TPSA) is 88.7 Å². The molecule has 3 aromatic heterocycles. The van der Waals surface area contributed by atoms with Crippen molar-refractivity contribution in [3.8, 4) is 11.4 Å². The first kappa shape index (κ1) is 18.7. The number of nitrogens with zero attached hydrogens (tertiary/aromatic N) is 6. The van der Waals surface area contributed by atoms with E-state index >= 15 is 0 Å². The number of piperidine rings is 3. The quantitative estimate of drug-likeness (QED) is 0.512. The number of fused-ring (bicyclic) bond motifs is 4. The summed E-state index contributed by atoms with van der Waals surface area (Å²) >= 11 is 0. The molecule has 1 aliphatic carbocycles. The van der Waals surface area contributed by atoms with Crippen LogP contribution in [0.5, 0.6) is 0 Å². The van der Waals surface area contributed by atoms with E-state index in [0.717, 1.165) is 31.0 Å². The summed E-state index contributed by atoms with van der Waals surface area (Å²) in [7, 11) is 0. The van der Waals surface area contributed by atoms with Crippen LogP contribution in [-0.4, -0.2) is 49.9 Å². The summed E-state index contributed by atoms with van der Waals surface area (Å²) in [5.74, 6) is 7.83. The van der Waals surface area contributed by atoms with Gasteiger partial charge in [-0.25, -0.2) is 20.2 Å². The Morgan fingerprint density at radius 2 is 2.10 bits per heavy atom. The molecule has 9 heteroatoms. The standard InChI is InChI=1S/C22H24FN7O/c23-16-3-1-15(2-4-16)19-20(29-11-12-31-22(29)27-19)17-5-8-25-21(26-17)30(24)18-13-28-9-6-14(18)7-10-28/h1,3-5,8,11-12,14-15,18H,2,6-7,9-10,13,24H2/t15?,18-/m1/s1. The van der Waals surface area contributed by atoms with Crippen molar-refractivity contribution in [2.75, 3.05) is 24.6 Å². The van der Waals surface area contributed by atoms with Gasteiger partial charge in [0.2, 0.25) is 5.95 Å². The monoisotopic (exact) mass is 421 g/mol. The lowest BCUT2D eigenvalue weighted by Gasteiger charge is -2.47. The van der Waals surface area contributed by atoms with Crippen LogP contribution in [0, 0.1) is 5.92 Å². The zero-order valence-electron chi connectivity index (χ0n) is 17.1. The van der Waals surface area contributed by atoms with Gasteiger partial charge in [-0.15, -0.1) is 0 Å². The van der Waals surface area contributed by atoms with Crippen molar-refractivity contribution in [1.82, 2.24) is 24.3 Å². The summed E-state index contributed by atoms with van der Waals surface area (Å²) in [6.07, 6.45) is 12.9. The van der Waals surface area contributed by atoms with E-state index in [1.54, 1.807) is 23.5 Å². The van der Waals surface area contributed by atoms with Gasteiger partial charge in [-0.1, -0.05) is 6.08 Å². The third-order valence-electron chi connectivity index (χ3n) is 6.79. The number of imidazole rings is 1. The molecule has 1 unspecified atom stereocenters. The number of rotatable bonds is 4. The molecule has 3 aliphatic heterocycles. The molecule has 3 saturated heterocycles. The average molecular weight is 421 g/mol. The van der Waals surface area contributed by atoms with Crippen LogP contribution in [0.15, 0.2) is 53.2 Å². The number of halogens is 1. The molecule has 160 valence electrons. The van der Waals surface area contributed by atoms with E-state index in [0.29, 0.717) is 29.8 Å². The average Bonchev–Trinajstić information content (AvgIpc) is 3.41. The number of nitrogens with two attached hydrogens (primary N) is 1. The van der Waals surface area contributed by atoms with E-state index in [1.165, 1.54) is 18.9 Å². The van der Waals surface area contributed by atoms with Crippen LogP contribution in [0.3, 0.4) is 0 Å². The van der Waals surface area contributed by atoms with Crippen molar-refractivity contribution >= 4 is 11.8 Å². The van der Waals surface area contributed by atoms with Crippen LogP contribution in [0.2, 0.25) is 0 Å². The van der Waals surface area contributed by atoms with Crippen LogP contribution < -0.4 is 10.9 Å². The van der Waals surface area contributed by atoms with Crippen molar-refractivity contribution in [1.29, 1.82) is 0 Å². The van der Waals surface area contributed by atoms with Crippen LogP contribution in [0.4, 0.5) is 10.3 Å². The van der Waals surface area contributed by atoms with Gasteiger partial charge in [0.05, 0.1) is 23.1 Å². The van der Waals surface area contributed by atoms with Gasteiger partial charge in [-0.2, -0.15) is 4.98 Å². The molecule has 0 spiro atoms. The fourth-order valence-corrected chi connectivity index (χ4v) is 5.11. The minimum atomic E-state index is -0.221. The molecule has 0 amide bonds. The second-order valence-electron chi connectivity index (χ2n) is 8.55. The van der Waals surface area contributed by atoms with Crippen LogP contribution in [-0.2, 0) is 0 Å². The van der Waals surface area contributed by atoms with Gasteiger partial charge >= 0.3 is 5.84 Å². The van der Waals surface area contributed by atoms with Crippen molar-refractivity contribution in [2.24, 2.45) is 11.8 Å². The highest BCUT2D eigenvalue weighted by molar-refractivity contribution is 5.64. The Balaban J connectivity index is 1.38. The molecule has 0 radical (unpaired) electrons. The summed E-state index contributed by atoms with van der Waals surface area (Å²) in [5, 5.41) is 1.74. The van der Waals surface area contributed by atoms with E-state index in [2.05, 4.69) is 14.9 Å². The smallest absolute Gasteiger partial charge is 0.306 e. The van der Waals surface area contributed by atoms with Crippen molar-refractivity contribution in [2.45, 2.75) is 31.2 Å². The Labute approximate surface area is 178 Å².